The molecule has 0 saturated carbocycles. The molecule has 1 atom stereocenters. The number of aryl methyl sites for hydroxylation is 2. The zero-order valence-corrected chi connectivity index (χ0v) is 12.9. The molecule has 1 aliphatic heterocycles. The summed E-state index contributed by atoms with van der Waals surface area (Å²) in [6.07, 6.45) is 2.34. The molecule has 4 heteroatoms. The van der Waals surface area contributed by atoms with Crippen LogP contribution >= 0.6 is 0 Å². The summed E-state index contributed by atoms with van der Waals surface area (Å²) in [5.74, 6) is 0. The lowest BCUT2D eigenvalue weighted by Gasteiger charge is -2.17. The highest BCUT2D eigenvalue weighted by Crippen LogP contribution is 2.21. The molecule has 0 spiro atoms. The Morgan fingerprint density at radius 3 is 2.81 bits per heavy atom. The minimum atomic E-state index is 0.538. The Balaban J connectivity index is 1.49. The highest BCUT2D eigenvalue weighted by atomic mass is 15.2. The summed E-state index contributed by atoms with van der Waals surface area (Å²) in [4.78, 5) is 2.55. The number of nitrogens with one attached hydrogen (secondary N) is 2. The van der Waals surface area contributed by atoms with Crippen LogP contribution in [0.4, 0.5) is 5.69 Å². The van der Waals surface area contributed by atoms with Gasteiger partial charge in [-0.05, 0) is 32.3 Å². The molecule has 3 rings (SSSR count). The van der Waals surface area contributed by atoms with Gasteiger partial charge in [0.2, 0.25) is 0 Å². The molecule has 2 heterocycles. The molecule has 21 heavy (non-hydrogen) atoms. The minimum Gasteiger partial charge on any atom is -0.378 e. The Bertz CT molecular complexity index is 556. The summed E-state index contributed by atoms with van der Waals surface area (Å²) in [5, 5.41) is 10.9. The Labute approximate surface area is 126 Å². The number of nitrogens with zero attached hydrogens (tertiary/aromatic N) is 2. The average molecular weight is 284 g/mol. The molecule has 1 saturated heterocycles. The van der Waals surface area contributed by atoms with Gasteiger partial charge in [0.25, 0.3) is 0 Å². The molecular formula is C17H24N4. The van der Waals surface area contributed by atoms with E-state index in [2.05, 4.69) is 57.7 Å². The quantitative estimate of drug-likeness (QED) is 0.887. The number of hydrogen-bond donors (Lipinski definition) is 2. The highest BCUT2D eigenvalue weighted by Gasteiger charge is 2.23. The second-order valence-corrected chi connectivity index (χ2v) is 5.98. The lowest BCUT2D eigenvalue weighted by Crippen LogP contribution is -2.28. The van der Waals surface area contributed by atoms with E-state index >= 15 is 0 Å². The lowest BCUT2D eigenvalue weighted by molar-refractivity contribution is 0.340. The molecule has 1 fully saturated rings. The van der Waals surface area contributed by atoms with Gasteiger partial charge in [0.1, 0.15) is 0 Å². The SMILES string of the molecule is Cc1n[nH]c(C)c1NC1CCN(CCc2ccccc2)C1. The Hall–Kier alpha value is -1.81. The highest BCUT2D eigenvalue weighted by molar-refractivity contribution is 5.52. The number of hydrogen-bond acceptors (Lipinski definition) is 3. The predicted octanol–water partition coefficient (Wildman–Crippen LogP) is 2.76. The molecule has 1 aliphatic rings. The maximum atomic E-state index is 4.25. The summed E-state index contributed by atoms with van der Waals surface area (Å²) in [5.41, 5.74) is 4.81. The minimum absolute atomic E-state index is 0.538. The van der Waals surface area contributed by atoms with Crippen molar-refractivity contribution in [3.63, 3.8) is 0 Å². The monoisotopic (exact) mass is 284 g/mol. The number of likely N-dealkylation sites (tertiary alicyclic amines) is 1. The molecule has 1 aromatic heterocycles. The Morgan fingerprint density at radius 1 is 1.29 bits per heavy atom. The van der Waals surface area contributed by atoms with E-state index in [-0.39, 0.29) is 0 Å². The van der Waals surface area contributed by atoms with E-state index in [0.717, 1.165) is 30.9 Å². The van der Waals surface area contributed by atoms with E-state index in [0.29, 0.717) is 6.04 Å². The van der Waals surface area contributed by atoms with Crippen LogP contribution in [0, 0.1) is 13.8 Å². The summed E-state index contributed by atoms with van der Waals surface area (Å²) >= 11 is 0. The molecule has 112 valence electrons. The molecule has 1 unspecified atom stereocenters. The number of aromatic nitrogens is 2. The van der Waals surface area contributed by atoms with E-state index in [9.17, 15) is 0 Å². The van der Waals surface area contributed by atoms with Crippen molar-refractivity contribution in [3.8, 4) is 0 Å². The first-order valence-corrected chi connectivity index (χ1v) is 7.77. The fourth-order valence-corrected chi connectivity index (χ4v) is 3.05. The number of rotatable bonds is 5. The summed E-state index contributed by atoms with van der Waals surface area (Å²) in [6.45, 7) is 7.57. The van der Waals surface area contributed by atoms with Gasteiger partial charge in [-0.15, -0.1) is 0 Å². The second-order valence-electron chi connectivity index (χ2n) is 5.98. The second kappa shape index (κ2) is 6.31. The van der Waals surface area contributed by atoms with E-state index in [4.69, 9.17) is 0 Å². The van der Waals surface area contributed by atoms with Gasteiger partial charge in [-0.2, -0.15) is 5.10 Å². The number of benzene rings is 1. The smallest absolute Gasteiger partial charge is 0.0825 e. The third kappa shape index (κ3) is 3.45. The summed E-state index contributed by atoms with van der Waals surface area (Å²) < 4.78 is 0. The molecule has 1 aromatic carbocycles. The number of aromatic amines is 1. The van der Waals surface area contributed by atoms with Crippen LogP contribution in [0.15, 0.2) is 30.3 Å². The Kier molecular flexibility index (Phi) is 4.25. The molecule has 0 bridgehead atoms. The van der Waals surface area contributed by atoms with Crippen molar-refractivity contribution in [2.45, 2.75) is 32.7 Å². The molecule has 0 aliphatic carbocycles. The van der Waals surface area contributed by atoms with Gasteiger partial charge in [-0.25, -0.2) is 0 Å². The van der Waals surface area contributed by atoms with Crippen molar-refractivity contribution in [2.75, 3.05) is 25.0 Å². The van der Waals surface area contributed by atoms with Crippen LogP contribution in [0.2, 0.25) is 0 Å². The molecule has 0 radical (unpaired) electrons. The van der Waals surface area contributed by atoms with Crippen LogP contribution in [-0.4, -0.2) is 40.8 Å². The van der Waals surface area contributed by atoms with Gasteiger partial charge >= 0.3 is 0 Å². The first-order chi connectivity index (χ1) is 10.2. The third-order valence-electron chi connectivity index (χ3n) is 4.31. The fraction of sp³-hybridized carbons (Fsp3) is 0.471. The van der Waals surface area contributed by atoms with Gasteiger partial charge in [0, 0.05) is 25.7 Å². The van der Waals surface area contributed by atoms with Crippen LogP contribution in [0.5, 0.6) is 0 Å². The van der Waals surface area contributed by atoms with Crippen LogP contribution < -0.4 is 5.32 Å². The zero-order valence-electron chi connectivity index (χ0n) is 12.9. The van der Waals surface area contributed by atoms with Crippen LogP contribution in [0.1, 0.15) is 23.4 Å². The Morgan fingerprint density at radius 2 is 2.10 bits per heavy atom. The molecule has 4 nitrogen and oxygen atoms in total. The van der Waals surface area contributed by atoms with E-state index in [1.807, 2.05) is 6.92 Å². The van der Waals surface area contributed by atoms with Gasteiger partial charge in [-0.1, -0.05) is 30.3 Å². The molecule has 2 aromatic rings. The summed E-state index contributed by atoms with van der Waals surface area (Å²) in [7, 11) is 0. The van der Waals surface area contributed by atoms with Crippen molar-refractivity contribution < 1.29 is 0 Å². The van der Waals surface area contributed by atoms with Gasteiger partial charge in [0.05, 0.1) is 17.1 Å². The van der Waals surface area contributed by atoms with E-state index in [1.165, 1.54) is 24.2 Å². The first-order valence-electron chi connectivity index (χ1n) is 7.77. The standard InChI is InChI=1S/C17H24N4/c1-13-17(14(2)20-19-13)18-16-9-11-21(12-16)10-8-15-6-4-3-5-7-15/h3-7,16,18H,8-12H2,1-2H3,(H,19,20). The van der Waals surface area contributed by atoms with Crippen molar-refractivity contribution in [2.24, 2.45) is 0 Å². The largest absolute Gasteiger partial charge is 0.378 e. The predicted molar refractivity (Wildman–Crippen MR) is 86.7 cm³/mol. The maximum Gasteiger partial charge on any atom is 0.0825 e. The fourth-order valence-electron chi connectivity index (χ4n) is 3.05. The summed E-state index contributed by atoms with van der Waals surface area (Å²) in [6, 6.07) is 11.3. The van der Waals surface area contributed by atoms with Crippen LogP contribution in [-0.2, 0) is 6.42 Å². The topological polar surface area (TPSA) is 44.0 Å². The van der Waals surface area contributed by atoms with E-state index < -0.39 is 0 Å². The molecule has 2 N–H and O–H groups in total. The van der Waals surface area contributed by atoms with Gasteiger partial charge < -0.3 is 10.2 Å². The van der Waals surface area contributed by atoms with Crippen molar-refractivity contribution in [1.82, 2.24) is 15.1 Å². The van der Waals surface area contributed by atoms with Gasteiger partial charge in [0.15, 0.2) is 0 Å². The zero-order chi connectivity index (χ0) is 14.7. The third-order valence-corrected chi connectivity index (χ3v) is 4.31. The average Bonchev–Trinajstić information content (AvgIpc) is 3.08. The number of H-pyrrole nitrogens is 1. The normalized spacial score (nSPS) is 19.0. The van der Waals surface area contributed by atoms with Crippen molar-refractivity contribution in [1.29, 1.82) is 0 Å². The maximum absolute atomic E-state index is 4.25. The van der Waals surface area contributed by atoms with Crippen LogP contribution in [0.3, 0.4) is 0 Å². The molecule has 0 amide bonds. The van der Waals surface area contributed by atoms with E-state index in [1.54, 1.807) is 0 Å². The number of anilines is 1. The lowest BCUT2D eigenvalue weighted by atomic mass is 10.1. The molecular weight excluding hydrogens is 260 g/mol. The van der Waals surface area contributed by atoms with Crippen LogP contribution in [0.25, 0.3) is 0 Å². The van der Waals surface area contributed by atoms with Crippen molar-refractivity contribution >= 4 is 5.69 Å². The first kappa shape index (κ1) is 14.1. The van der Waals surface area contributed by atoms with Crippen molar-refractivity contribution in [3.05, 3.63) is 47.3 Å². The van der Waals surface area contributed by atoms with Gasteiger partial charge in [-0.3, -0.25) is 5.10 Å².